The maximum Gasteiger partial charge on any atom is 0.161 e. The van der Waals surface area contributed by atoms with Crippen molar-refractivity contribution in [3.8, 4) is 6.07 Å². The first-order chi connectivity index (χ1) is 10.8. The average molecular weight is 324 g/mol. The first-order valence-electron chi connectivity index (χ1n) is 6.72. The van der Waals surface area contributed by atoms with E-state index in [1.54, 1.807) is 23.5 Å². The largest absolute Gasteiger partial charge is 0.235 e. The normalized spacial score (nSPS) is 9.68. The number of allylic oxidation sites excluding steroid dienone is 1. The third-order valence-corrected chi connectivity index (χ3v) is 5.12. The smallest absolute Gasteiger partial charge is 0.161 e. The molecule has 0 saturated carbocycles. The van der Waals surface area contributed by atoms with Crippen LogP contribution in [0.5, 0.6) is 0 Å². The van der Waals surface area contributed by atoms with Crippen LogP contribution in [0.15, 0.2) is 75.6 Å². The molecule has 22 heavy (non-hydrogen) atoms. The quantitative estimate of drug-likeness (QED) is 0.577. The molecule has 2 rings (SSSR count). The van der Waals surface area contributed by atoms with Gasteiger partial charge in [0, 0.05) is 11.1 Å². The van der Waals surface area contributed by atoms with E-state index in [0.717, 1.165) is 21.1 Å². The van der Waals surface area contributed by atoms with Gasteiger partial charge in [0.2, 0.25) is 0 Å². The Balaban J connectivity index is 2.62. The molecule has 2 aromatic rings. The molecule has 0 amide bonds. The molecule has 2 aromatic carbocycles. The van der Waals surface area contributed by atoms with Crippen LogP contribution in [0.2, 0.25) is 0 Å². The zero-order valence-corrected chi connectivity index (χ0v) is 14.1. The van der Waals surface area contributed by atoms with Gasteiger partial charge < -0.3 is 0 Å². The minimum Gasteiger partial charge on any atom is -0.235 e. The van der Waals surface area contributed by atoms with Crippen molar-refractivity contribution in [1.29, 1.82) is 5.26 Å². The van der Waals surface area contributed by atoms with Crippen LogP contribution in [0.25, 0.3) is 0 Å². The number of aliphatic imine (C=N–C) groups is 1. The molecule has 0 heterocycles. The highest BCUT2D eigenvalue weighted by Gasteiger charge is 2.10. The second kappa shape index (κ2) is 8.47. The zero-order chi connectivity index (χ0) is 15.8. The Morgan fingerprint density at radius 2 is 1.32 bits per heavy atom. The predicted octanol–water partition coefficient (Wildman–Crippen LogP) is 4.94. The van der Waals surface area contributed by atoms with Gasteiger partial charge in [-0.1, -0.05) is 60.7 Å². The highest BCUT2D eigenvalue weighted by molar-refractivity contribution is 8.21. The molecule has 4 heteroatoms. The Kier molecular flexibility index (Phi) is 6.32. The molecule has 0 bridgehead atoms. The molecular formula is C18H16N2S2. The SMILES string of the molecule is CSC(SC)=C(C#N)N=C(c1ccccc1)c1ccccc1. The monoisotopic (exact) mass is 324 g/mol. The van der Waals surface area contributed by atoms with Crippen molar-refractivity contribution in [2.75, 3.05) is 12.5 Å². The van der Waals surface area contributed by atoms with Gasteiger partial charge in [-0.25, -0.2) is 4.99 Å². The van der Waals surface area contributed by atoms with E-state index in [1.165, 1.54) is 0 Å². The number of nitrogens with zero attached hydrogens (tertiary/aromatic N) is 2. The third-order valence-electron chi connectivity index (χ3n) is 2.99. The molecule has 0 aliphatic carbocycles. The van der Waals surface area contributed by atoms with Crippen LogP contribution < -0.4 is 0 Å². The number of hydrogen-bond acceptors (Lipinski definition) is 4. The predicted molar refractivity (Wildman–Crippen MR) is 98.2 cm³/mol. The van der Waals surface area contributed by atoms with Gasteiger partial charge >= 0.3 is 0 Å². The molecule has 0 atom stereocenters. The number of hydrogen-bond donors (Lipinski definition) is 0. The fourth-order valence-corrected chi connectivity index (χ4v) is 3.23. The average Bonchev–Trinajstić information content (AvgIpc) is 2.60. The van der Waals surface area contributed by atoms with Gasteiger partial charge in [0.25, 0.3) is 0 Å². The van der Waals surface area contributed by atoms with Crippen molar-refractivity contribution >= 4 is 29.2 Å². The summed E-state index contributed by atoms with van der Waals surface area (Å²) in [5, 5.41) is 9.46. The lowest BCUT2D eigenvalue weighted by Gasteiger charge is -2.08. The van der Waals surface area contributed by atoms with Gasteiger partial charge in [-0.2, -0.15) is 5.26 Å². The summed E-state index contributed by atoms with van der Waals surface area (Å²) in [4.78, 5) is 4.67. The minimum atomic E-state index is 0.461. The standard InChI is InChI=1S/C18H16N2S2/c1-21-18(22-2)16(13-19)20-17(14-9-5-3-6-10-14)15-11-7-4-8-12-15/h3-12H,1-2H3. The van der Waals surface area contributed by atoms with Crippen molar-refractivity contribution < 1.29 is 0 Å². The number of nitriles is 1. The molecule has 0 aromatic heterocycles. The van der Waals surface area contributed by atoms with E-state index in [1.807, 2.05) is 73.2 Å². The Morgan fingerprint density at radius 3 is 1.68 bits per heavy atom. The molecule has 0 N–H and O–H groups in total. The van der Waals surface area contributed by atoms with Crippen molar-refractivity contribution in [3.63, 3.8) is 0 Å². The summed E-state index contributed by atoms with van der Waals surface area (Å²) in [6, 6.07) is 22.1. The molecule has 0 aliphatic rings. The third kappa shape index (κ3) is 4.03. The van der Waals surface area contributed by atoms with Crippen molar-refractivity contribution in [2.24, 2.45) is 4.99 Å². The summed E-state index contributed by atoms with van der Waals surface area (Å²) in [6.45, 7) is 0. The second-order valence-electron chi connectivity index (χ2n) is 4.35. The van der Waals surface area contributed by atoms with Gasteiger partial charge in [0.15, 0.2) is 5.70 Å². The van der Waals surface area contributed by atoms with Gasteiger partial charge in [-0.15, -0.1) is 23.5 Å². The van der Waals surface area contributed by atoms with E-state index in [2.05, 4.69) is 11.1 Å². The fourth-order valence-electron chi connectivity index (χ4n) is 1.99. The molecule has 0 spiro atoms. The molecule has 0 radical (unpaired) electrons. The van der Waals surface area contributed by atoms with Crippen molar-refractivity contribution in [3.05, 3.63) is 81.7 Å². The van der Waals surface area contributed by atoms with E-state index >= 15 is 0 Å². The van der Waals surface area contributed by atoms with Crippen LogP contribution in [0.3, 0.4) is 0 Å². The summed E-state index contributed by atoms with van der Waals surface area (Å²) in [5.74, 6) is 0. The van der Waals surface area contributed by atoms with E-state index in [0.29, 0.717) is 5.70 Å². The minimum absolute atomic E-state index is 0.461. The highest BCUT2D eigenvalue weighted by Crippen LogP contribution is 2.28. The fraction of sp³-hybridized carbons (Fsp3) is 0.111. The van der Waals surface area contributed by atoms with Gasteiger partial charge in [-0.05, 0) is 12.5 Å². The van der Waals surface area contributed by atoms with Crippen LogP contribution in [0.4, 0.5) is 0 Å². The van der Waals surface area contributed by atoms with E-state index in [-0.39, 0.29) is 0 Å². The van der Waals surface area contributed by atoms with Crippen LogP contribution in [-0.4, -0.2) is 18.2 Å². The molecule has 0 fully saturated rings. The Morgan fingerprint density at radius 1 is 0.864 bits per heavy atom. The van der Waals surface area contributed by atoms with Crippen LogP contribution in [-0.2, 0) is 0 Å². The summed E-state index contributed by atoms with van der Waals surface area (Å²) >= 11 is 3.10. The van der Waals surface area contributed by atoms with Crippen LogP contribution >= 0.6 is 23.5 Å². The zero-order valence-electron chi connectivity index (χ0n) is 12.5. The number of benzene rings is 2. The van der Waals surface area contributed by atoms with E-state index < -0.39 is 0 Å². The second-order valence-corrected chi connectivity index (χ2v) is 6.24. The van der Waals surface area contributed by atoms with E-state index in [4.69, 9.17) is 0 Å². The lowest BCUT2D eigenvalue weighted by Crippen LogP contribution is -2.04. The summed E-state index contributed by atoms with van der Waals surface area (Å²) < 4.78 is 0.923. The highest BCUT2D eigenvalue weighted by atomic mass is 32.2. The molecule has 0 saturated heterocycles. The topological polar surface area (TPSA) is 36.1 Å². The first kappa shape index (κ1) is 16.4. The molecule has 110 valence electrons. The van der Waals surface area contributed by atoms with E-state index in [9.17, 15) is 5.26 Å². The molecule has 2 nitrogen and oxygen atoms in total. The van der Waals surface area contributed by atoms with Gasteiger partial charge in [-0.3, -0.25) is 0 Å². The summed E-state index contributed by atoms with van der Waals surface area (Å²) in [5.41, 5.74) is 3.28. The van der Waals surface area contributed by atoms with Crippen LogP contribution in [0, 0.1) is 11.3 Å². The first-order valence-corrected chi connectivity index (χ1v) is 9.17. The van der Waals surface area contributed by atoms with Gasteiger partial charge in [0.1, 0.15) is 6.07 Å². The molecule has 0 aliphatic heterocycles. The lowest BCUT2D eigenvalue weighted by molar-refractivity contribution is 1.37. The van der Waals surface area contributed by atoms with Gasteiger partial charge in [0.05, 0.1) is 9.95 Å². The Hall–Kier alpha value is -1.96. The summed E-state index contributed by atoms with van der Waals surface area (Å²) in [7, 11) is 0. The Labute approximate surface area is 140 Å². The maximum atomic E-state index is 9.46. The maximum absolute atomic E-state index is 9.46. The van der Waals surface area contributed by atoms with Crippen molar-refractivity contribution in [1.82, 2.24) is 0 Å². The van der Waals surface area contributed by atoms with Crippen LogP contribution in [0.1, 0.15) is 11.1 Å². The number of rotatable bonds is 5. The molecular weight excluding hydrogens is 308 g/mol. The molecule has 0 unspecified atom stereocenters. The van der Waals surface area contributed by atoms with Crippen molar-refractivity contribution in [2.45, 2.75) is 0 Å². The Bertz CT molecular complexity index is 666. The summed E-state index contributed by atoms with van der Waals surface area (Å²) in [6.07, 6.45) is 3.92. The number of thioether (sulfide) groups is 2. The lowest BCUT2D eigenvalue weighted by atomic mass is 10.0.